The Labute approximate surface area is 138 Å². The summed E-state index contributed by atoms with van der Waals surface area (Å²) in [6, 6.07) is 0. The first-order chi connectivity index (χ1) is 11.2. The van der Waals surface area contributed by atoms with Crippen molar-refractivity contribution in [1.29, 1.82) is 0 Å². The lowest BCUT2D eigenvalue weighted by molar-refractivity contribution is 0.0438. The SMILES string of the molecule is OC1CC(CNCc2nccs2)(COc2cnccn2)CC1O. The van der Waals surface area contributed by atoms with E-state index in [1.165, 1.54) is 0 Å². The van der Waals surface area contributed by atoms with Crippen LogP contribution in [0.4, 0.5) is 0 Å². The van der Waals surface area contributed by atoms with E-state index in [0.29, 0.717) is 38.4 Å². The lowest BCUT2D eigenvalue weighted by atomic mass is 9.86. The minimum absolute atomic E-state index is 0.340. The van der Waals surface area contributed by atoms with Crippen molar-refractivity contribution < 1.29 is 14.9 Å². The Bertz CT molecular complexity index is 586. The van der Waals surface area contributed by atoms with E-state index in [9.17, 15) is 10.2 Å². The highest BCUT2D eigenvalue weighted by Gasteiger charge is 2.44. The summed E-state index contributed by atoms with van der Waals surface area (Å²) in [4.78, 5) is 12.3. The molecular weight excluding hydrogens is 316 g/mol. The third-order valence-electron chi connectivity index (χ3n) is 4.05. The van der Waals surface area contributed by atoms with Crippen molar-refractivity contribution >= 4 is 11.3 Å². The number of aliphatic hydroxyl groups excluding tert-OH is 2. The molecule has 1 aliphatic rings. The molecule has 1 aliphatic carbocycles. The summed E-state index contributed by atoms with van der Waals surface area (Å²) in [6.07, 6.45) is 6.01. The van der Waals surface area contributed by atoms with Gasteiger partial charge in [-0.05, 0) is 12.8 Å². The number of hydrogen-bond acceptors (Lipinski definition) is 8. The molecule has 0 amide bonds. The molecule has 2 aromatic rings. The molecule has 0 radical (unpaired) electrons. The lowest BCUT2D eigenvalue weighted by Gasteiger charge is -2.28. The number of nitrogens with zero attached hydrogens (tertiary/aromatic N) is 3. The van der Waals surface area contributed by atoms with E-state index in [1.807, 2.05) is 5.38 Å². The van der Waals surface area contributed by atoms with Gasteiger partial charge in [0.25, 0.3) is 0 Å². The first-order valence-electron chi connectivity index (χ1n) is 7.51. The van der Waals surface area contributed by atoms with Gasteiger partial charge in [-0.15, -0.1) is 11.3 Å². The first-order valence-corrected chi connectivity index (χ1v) is 8.39. The maximum atomic E-state index is 9.94. The molecule has 1 saturated carbocycles. The predicted molar refractivity (Wildman–Crippen MR) is 85.0 cm³/mol. The second-order valence-corrected chi connectivity index (χ2v) is 6.88. The van der Waals surface area contributed by atoms with Gasteiger partial charge in [0.15, 0.2) is 0 Å². The summed E-state index contributed by atoms with van der Waals surface area (Å²) < 4.78 is 5.73. The quantitative estimate of drug-likeness (QED) is 0.681. The topological polar surface area (TPSA) is 100 Å². The van der Waals surface area contributed by atoms with Gasteiger partial charge in [0, 0.05) is 42.5 Å². The number of aliphatic hydroxyl groups is 2. The number of ether oxygens (including phenoxy) is 1. The number of thiazole rings is 1. The number of hydrogen-bond donors (Lipinski definition) is 3. The molecule has 0 saturated heterocycles. The van der Waals surface area contributed by atoms with Crippen LogP contribution in [-0.4, -0.2) is 50.5 Å². The fourth-order valence-corrected chi connectivity index (χ4v) is 3.50. The van der Waals surface area contributed by atoms with Crippen molar-refractivity contribution in [3.63, 3.8) is 0 Å². The van der Waals surface area contributed by atoms with E-state index in [2.05, 4.69) is 20.3 Å². The van der Waals surface area contributed by atoms with Crippen LogP contribution in [0.2, 0.25) is 0 Å². The van der Waals surface area contributed by atoms with E-state index in [-0.39, 0.29) is 5.41 Å². The molecular formula is C15H20N4O3S. The molecule has 2 aromatic heterocycles. The standard InChI is InChI=1S/C15H20N4O3S/c20-11-5-15(6-12(11)21,9-17-8-14-19-3-4-23-14)10-22-13-7-16-1-2-18-13/h1-4,7,11-12,17,20-21H,5-6,8-10H2. The Morgan fingerprint density at radius 1 is 1.22 bits per heavy atom. The van der Waals surface area contributed by atoms with E-state index < -0.39 is 12.2 Å². The van der Waals surface area contributed by atoms with E-state index in [0.717, 1.165) is 5.01 Å². The molecule has 124 valence electrons. The second kappa shape index (κ2) is 7.31. The Kier molecular flexibility index (Phi) is 5.16. The van der Waals surface area contributed by atoms with E-state index in [1.54, 1.807) is 36.1 Å². The van der Waals surface area contributed by atoms with Crippen LogP contribution < -0.4 is 10.1 Å². The van der Waals surface area contributed by atoms with Gasteiger partial charge in [-0.25, -0.2) is 9.97 Å². The van der Waals surface area contributed by atoms with Crippen molar-refractivity contribution in [1.82, 2.24) is 20.3 Å². The molecule has 0 aliphatic heterocycles. The minimum Gasteiger partial charge on any atom is -0.476 e. The van der Waals surface area contributed by atoms with E-state index >= 15 is 0 Å². The number of nitrogens with one attached hydrogen (secondary N) is 1. The third kappa shape index (κ3) is 4.23. The van der Waals surface area contributed by atoms with Crippen LogP contribution in [0.25, 0.3) is 0 Å². The molecule has 0 aromatic carbocycles. The van der Waals surface area contributed by atoms with Crippen LogP contribution in [-0.2, 0) is 6.54 Å². The highest BCUT2D eigenvalue weighted by molar-refractivity contribution is 7.09. The van der Waals surface area contributed by atoms with Crippen molar-refractivity contribution in [3.8, 4) is 5.88 Å². The molecule has 3 N–H and O–H groups in total. The lowest BCUT2D eigenvalue weighted by Crippen LogP contribution is -2.38. The average molecular weight is 336 g/mol. The smallest absolute Gasteiger partial charge is 0.232 e. The number of rotatable bonds is 7. The van der Waals surface area contributed by atoms with Gasteiger partial charge in [0.05, 0.1) is 25.0 Å². The highest BCUT2D eigenvalue weighted by Crippen LogP contribution is 2.38. The highest BCUT2D eigenvalue weighted by atomic mass is 32.1. The van der Waals surface area contributed by atoms with Gasteiger partial charge < -0.3 is 20.3 Å². The molecule has 2 unspecified atom stereocenters. The summed E-state index contributed by atoms with van der Waals surface area (Å²) in [7, 11) is 0. The fraction of sp³-hybridized carbons (Fsp3) is 0.533. The van der Waals surface area contributed by atoms with Crippen molar-refractivity contribution in [3.05, 3.63) is 35.2 Å². The Morgan fingerprint density at radius 2 is 2.04 bits per heavy atom. The third-order valence-corrected chi connectivity index (χ3v) is 4.83. The van der Waals surface area contributed by atoms with Crippen molar-refractivity contribution in [2.75, 3.05) is 13.2 Å². The zero-order chi connectivity index (χ0) is 16.1. The van der Waals surface area contributed by atoms with Gasteiger partial charge in [0.1, 0.15) is 5.01 Å². The van der Waals surface area contributed by atoms with Crippen LogP contribution in [0, 0.1) is 5.41 Å². The summed E-state index contributed by atoms with van der Waals surface area (Å²) in [6.45, 7) is 1.66. The van der Waals surface area contributed by atoms with Gasteiger partial charge in [-0.3, -0.25) is 4.98 Å². The van der Waals surface area contributed by atoms with Gasteiger partial charge >= 0.3 is 0 Å². The molecule has 3 rings (SSSR count). The molecule has 23 heavy (non-hydrogen) atoms. The molecule has 2 atom stereocenters. The van der Waals surface area contributed by atoms with Crippen LogP contribution >= 0.6 is 11.3 Å². The average Bonchev–Trinajstić information content (AvgIpc) is 3.16. The van der Waals surface area contributed by atoms with Crippen LogP contribution in [0.3, 0.4) is 0 Å². The fourth-order valence-electron chi connectivity index (χ4n) is 2.92. The number of aromatic nitrogens is 3. The van der Waals surface area contributed by atoms with Gasteiger partial charge in [-0.1, -0.05) is 0 Å². The van der Waals surface area contributed by atoms with Crippen LogP contribution in [0.1, 0.15) is 17.8 Å². The second-order valence-electron chi connectivity index (χ2n) is 5.90. The summed E-state index contributed by atoms with van der Waals surface area (Å²) in [5, 5.41) is 26.2. The Balaban J connectivity index is 1.60. The molecule has 8 heteroatoms. The summed E-state index contributed by atoms with van der Waals surface area (Å²) >= 11 is 1.59. The maximum Gasteiger partial charge on any atom is 0.232 e. The zero-order valence-electron chi connectivity index (χ0n) is 12.6. The monoisotopic (exact) mass is 336 g/mol. The Morgan fingerprint density at radius 3 is 2.70 bits per heavy atom. The molecule has 1 fully saturated rings. The molecule has 0 spiro atoms. The molecule has 2 heterocycles. The minimum atomic E-state index is -0.720. The first kappa shape index (κ1) is 16.3. The normalized spacial score (nSPS) is 27.2. The Hall–Kier alpha value is -1.61. The van der Waals surface area contributed by atoms with Crippen molar-refractivity contribution in [2.45, 2.75) is 31.6 Å². The molecule has 0 bridgehead atoms. The van der Waals surface area contributed by atoms with Crippen molar-refractivity contribution in [2.24, 2.45) is 5.41 Å². The molecule has 7 nitrogen and oxygen atoms in total. The predicted octanol–water partition coefficient (Wildman–Crippen LogP) is 0.604. The van der Waals surface area contributed by atoms with Gasteiger partial charge in [-0.2, -0.15) is 0 Å². The van der Waals surface area contributed by atoms with Gasteiger partial charge in [0.2, 0.25) is 5.88 Å². The summed E-state index contributed by atoms with van der Waals surface area (Å²) in [5.74, 6) is 0.447. The maximum absolute atomic E-state index is 9.94. The largest absolute Gasteiger partial charge is 0.476 e. The van der Waals surface area contributed by atoms with Crippen LogP contribution in [0.15, 0.2) is 30.2 Å². The van der Waals surface area contributed by atoms with E-state index in [4.69, 9.17) is 4.74 Å². The van der Waals surface area contributed by atoms with Crippen LogP contribution in [0.5, 0.6) is 5.88 Å². The zero-order valence-corrected chi connectivity index (χ0v) is 13.4. The summed E-state index contributed by atoms with van der Waals surface area (Å²) in [5.41, 5.74) is -0.340.